The molecule has 9 nitrogen and oxygen atoms in total. The number of hydrogen-bond donors (Lipinski definition) is 1. The Bertz CT molecular complexity index is 765. The van der Waals surface area contributed by atoms with Crippen LogP contribution in [0.2, 0.25) is 0 Å². The van der Waals surface area contributed by atoms with Crippen molar-refractivity contribution >= 4 is 18.3 Å². The Morgan fingerprint density at radius 3 is 1.91 bits per heavy atom. The number of ether oxygens (including phenoxy) is 3. The third kappa shape index (κ3) is 9.19. The minimum Gasteiger partial charge on any atom is -0.445 e. The average molecular weight is 464 g/mol. The minimum absolute atomic E-state index is 0.157. The fourth-order valence-corrected chi connectivity index (χ4v) is 3.33. The van der Waals surface area contributed by atoms with E-state index in [-0.39, 0.29) is 13.2 Å². The highest BCUT2D eigenvalue weighted by atomic mass is 16.6. The van der Waals surface area contributed by atoms with Crippen molar-refractivity contribution in [3.8, 4) is 0 Å². The van der Waals surface area contributed by atoms with Gasteiger partial charge in [0.15, 0.2) is 0 Å². The number of nitrogens with zero attached hydrogens (tertiary/aromatic N) is 2. The molecule has 0 atom stereocenters. The summed E-state index contributed by atoms with van der Waals surface area (Å²) in [5.41, 5.74) is -0.461. The van der Waals surface area contributed by atoms with Crippen molar-refractivity contribution < 1.29 is 28.6 Å². The Balaban J connectivity index is 2.02. The van der Waals surface area contributed by atoms with Gasteiger partial charge in [0.1, 0.15) is 24.0 Å². The van der Waals surface area contributed by atoms with Gasteiger partial charge in [-0.05, 0) is 53.5 Å². The quantitative estimate of drug-likeness (QED) is 0.646. The first-order chi connectivity index (χ1) is 15.4. The van der Waals surface area contributed by atoms with E-state index in [9.17, 15) is 14.4 Å². The van der Waals surface area contributed by atoms with Gasteiger partial charge in [-0.1, -0.05) is 30.3 Å². The summed E-state index contributed by atoms with van der Waals surface area (Å²) in [5.74, 6) is 0. The lowest BCUT2D eigenvalue weighted by atomic mass is 10.1. The van der Waals surface area contributed by atoms with Crippen molar-refractivity contribution in [2.75, 3.05) is 19.6 Å². The topological polar surface area (TPSA) is 97.4 Å². The van der Waals surface area contributed by atoms with Crippen molar-refractivity contribution in [2.45, 2.75) is 78.4 Å². The standard InChI is InChI=1S/C24H37N3O6/c1-23(2,3)32-21(29)26-15-10-16-27(22(30)33-24(4,5)6)19(26)13-14-25-20(28)31-17-18-11-8-7-9-12-18/h7-9,11-12,19H,10,13-17H2,1-6H3,(H,25,28). The number of carbonyl (C=O) groups is 3. The predicted molar refractivity (Wildman–Crippen MR) is 124 cm³/mol. The van der Waals surface area contributed by atoms with E-state index >= 15 is 0 Å². The van der Waals surface area contributed by atoms with E-state index < -0.39 is 35.6 Å². The molecule has 0 unspecified atom stereocenters. The maximum Gasteiger partial charge on any atom is 0.411 e. The second-order valence-corrected chi connectivity index (χ2v) is 9.96. The first-order valence-corrected chi connectivity index (χ1v) is 11.3. The highest BCUT2D eigenvalue weighted by molar-refractivity contribution is 5.72. The minimum atomic E-state index is -0.671. The van der Waals surface area contributed by atoms with Gasteiger partial charge in [0, 0.05) is 26.1 Å². The maximum absolute atomic E-state index is 12.8. The molecule has 1 N–H and O–H groups in total. The largest absolute Gasteiger partial charge is 0.445 e. The summed E-state index contributed by atoms with van der Waals surface area (Å²) in [7, 11) is 0. The van der Waals surface area contributed by atoms with Crippen LogP contribution in [0.25, 0.3) is 0 Å². The lowest BCUT2D eigenvalue weighted by Gasteiger charge is -2.44. The Morgan fingerprint density at radius 2 is 1.42 bits per heavy atom. The van der Waals surface area contributed by atoms with Gasteiger partial charge in [0.2, 0.25) is 0 Å². The number of amides is 3. The molecule has 184 valence electrons. The lowest BCUT2D eigenvalue weighted by Crippen LogP contribution is -2.59. The lowest BCUT2D eigenvalue weighted by molar-refractivity contribution is -0.0432. The molecule has 0 spiro atoms. The molecule has 1 fully saturated rings. The highest BCUT2D eigenvalue weighted by Gasteiger charge is 2.38. The van der Waals surface area contributed by atoms with Gasteiger partial charge >= 0.3 is 18.3 Å². The van der Waals surface area contributed by atoms with Crippen LogP contribution in [0.15, 0.2) is 30.3 Å². The number of hydrogen-bond acceptors (Lipinski definition) is 6. The van der Waals surface area contributed by atoms with E-state index in [1.54, 1.807) is 41.5 Å². The molecule has 0 aliphatic carbocycles. The number of alkyl carbamates (subject to hydrolysis) is 1. The molecule has 1 heterocycles. The summed E-state index contributed by atoms with van der Waals surface area (Å²) < 4.78 is 16.3. The van der Waals surface area contributed by atoms with Crippen molar-refractivity contribution in [1.29, 1.82) is 0 Å². The molecule has 0 bridgehead atoms. The van der Waals surface area contributed by atoms with E-state index in [0.29, 0.717) is 25.9 Å². The smallest absolute Gasteiger partial charge is 0.411 e. The Kier molecular flexibility index (Phi) is 8.96. The molecule has 2 rings (SSSR count). The molecule has 1 aliphatic heterocycles. The Morgan fingerprint density at radius 1 is 0.909 bits per heavy atom. The van der Waals surface area contributed by atoms with E-state index in [0.717, 1.165) is 5.56 Å². The molecule has 0 saturated carbocycles. The summed E-state index contributed by atoms with van der Waals surface area (Å²) in [5, 5.41) is 2.70. The summed E-state index contributed by atoms with van der Waals surface area (Å²) in [6, 6.07) is 9.37. The molecule has 3 amide bonds. The van der Waals surface area contributed by atoms with Crippen LogP contribution < -0.4 is 5.32 Å². The van der Waals surface area contributed by atoms with Gasteiger partial charge in [0.25, 0.3) is 0 Å². The molecular weight excluding hydrogens is 426 g/mol. The molecule has 33 heavy (non-hydrogen) atoms. The molecule has 1 aliphatic rings. The van der Waals surface area contributed by atoms with Crippen molar-refractivity contribution in [3.63, 3.8) is 0 Å². The molecule has 0 radical (unpaired) electrons. The Labute approximate surface area is 196 Å². The summed E-state index contributed by atoms with van der Waals surface area (Å²) in [6.45, 7) is 12.0. The second-order valence-electron chi connectivity index (χ2n) is 9.96. The predicted octanol–water partition coefficient (Wildman–Crippen LogP) is 4.51. The molecule has 0 aromatic heterocycles. The van der Waals surface area contributed by atoms with Crippen LogP contribution in [0.5, 0.6) is 0 Å². The number of nitrogens with one attached hydrogen (secondary N) is 1. The van der Waals surface area contributed by atoms with Crippen molar-refractivity contribution in [3.05, 3.63) is 35.9 Å². The van der Waals surface area contributed by atoms with Gasteiger partial charge in [0.05, 0.1) is 0 Å². The van der Waals surface area contributed by atoms with Gasteiger partial charge < -0.3 is 19.5 Å². The van der Waals surface area contributed by atoms with Crippen molar-refractivity contribution in [1.82, 2.24) is 15.1 Å². The normalized spacial score (nSPS) is 15.1. The number of carbonyl (C=O) groups excluding carboxylic acids is 3. The molecular formula is C24H37N3O6. The SMILES string of the molecule is CC(C)(C)OC(=O)N1CCCN(C(=O)OC(C)(C)C)C1CCNC(=O)OCc1ccccc1. The van der Waals surface area contributed by atoms with Crippen LogP contribution in [0, 0.1) is 0 Å². The van der Waals surface area contributed by atoms with E-state index in [1.165, 1.54) is 9.80 Å². The van der Waals surface area contributed by atoms with E-state index in [1.807, 2.05) is 30.3 Å². The van der Waals surface area contributed by atoms with Gasteiger partial charge in [-0.15, -0.1) is 0 Å². The Hall–Kier alpha value is -2.97. The van der Waals surface area contributed by atoms with Gasteiger partial charge in [-0.2, -0.15) is 0 Å². The van der Waals surface area contributed by atoms with Crippen LogP contribution >= 0.6 is 0 Å². The summed E-state index contributed by atoms with van der Waals surface area (Å²) in [6.07, 6.45) is -1.29. The zero-order valence-corrected chi connectivity index (χ0v) is 20.6. The first-order valence-electron chi connectivity index (χ1n) is 11.3. The molecule has 1 saturated heterocycles. The van der Waals surface area contributed by atoms with Crippen LogP contribution in [0.1, 0.15) is 59.9 Å². The van der Waals surface area contributed by atoms with Gasteiger partial charge in [-0.3, -0.25) is 9.80 Å². The second kappa shape index (κ2) is 11.2. The highest BCUT2D eigenvalue weighted by Crippen LogP contribution is 2.23. The first kappa shape index (κ1) is 26.3. The number of benzene rings is 1. The third-order valence-corrected chi connectivity index (χ3v) is 4.66. The monoisotopic (exact) mass is 463 g/mol. The number of rotatable bonds is 5. The average Bonchev–Trinajstić information content (AvgIpc) is 2.70. The molecule has 1 aromatic rings. The molecule has 9 heteroatoms. The zero-order chi connectivity index (χ0) is 24.6. The van der Waals surface area contributed by atoms with E-state index in [2.05, 4.69) is 5.32 Å². The molecule has 1 aromatic carbocycles. The van der Waals surface area contributed by atoms with Gasteiger partial charge in [-0.25, -0.2) is 14.4 Å². The van der Waals surface area contributed by atoms with Crippen LogP contribution in [0.4, 0.5) is 14.4 Å². The van der Waals surface area contributed by atoms with Crippen molar-refractivity contribution in [2.24, 2.45) is 0 Å². The zero-order valence-electron chi connectivity index (χ0n) is 20.6. The van der Waals surface area contributed by atoms with Crippen LogP contribution in [-0.2, 0) is 20.8 Å². The van der Waals surface area contributed by atoms with Crippen LogP contribution in [-0.4, -0.2) is 65.1 Å². The summed E-state index contributed by atoms with van der Waals surface area (Å²) >= 11 is 0. The fraction of sp³-hybridized carbons (Fsp3) is 0.625. The third-order valence-electron chi connectivity index (χ3n) is 4.66. The maximum atomic E-state index is 12.8. The van der Waals surface area contributed by atoms with E-state index in [4.69, 9.17) is 14.2 Å². The van der Waals surface area contributed by atoms with Crippen LogP contribution in [0.3, 0.4) is 0 Å². The fourth-order valence-electron chi connectivity index (χ4n) is 3.33. The summed E-state index contributed by atoms with van der Waals surface area (Å²) in [4.78, 5) is 40.9.